The van der Waals surface area contributed by atoms with E-state index < -0.39 is 0 Å². The van der Waals surface area contributed by atoms with Crippen LogP contribution in [-0.2, 0) is 4.74 Å². The van der Waals surface area contributed by atoms with Crippen molar-refractivity contribution in [2.24, 2.45) is 5.73 Å². The molecule has 1 aromatic carbocycles. The van der Waals surface area contributed by atoms with Crippen molar-refractivity contribution in [3.05, 3.63) is 34.6 Å². The van der Waals surface area contributed by atoms with Gasteiger partial charge in [-0.05, 0) is 50.3 Å². The Kier molecular flexibility index (Phi) is 3.79. The molecule has 1 saturated heterocycles. The summed E-state index contributed by atoms with van der Waals surface area (Å²) in [4.78, 5) is 0. The van der Waals surface area contributed by atoms with Crippen LogP contribution in [0, 0.1) is 19.7 Å². The van der Waals surface area contributed by atoms with Crippen molar-refractivity contribution < 1.29 is 9.13 Å². The molecule has 1 fully saturated rings. The fourth-order valence-electron chi connectivity index (χ4n) is 2.58. The van der Waals surface area contributed by atoms with Gasteiger partial charge in [-0.3, -0.25) is 0 Å². The predicted molar refractivity (Wildman–Crippen MR) is 66.4 cm³/mol. The van der Waals surface area contributed by atoms with Crippen molar-refractivity contribution in [2.45, 2.75) is 45.3 Å². The summed E-state index contributed by atoms with van der Waals surface area (Å²) in [6.45, 7) is 4.54. The molecule has 2 atom stereocenters. The van der Waals surface area contributed by atoms with Gasteiger partial charge in [-0.25, -0.2) is 4.39 Å². The van der Waals surface area contributed by atoms with Gasteiger partial charge >= 0.3 is 0 Å². The van der Waals surface area contributed by atoms with Gasteiger partial charge in [-0.15, -0.1) is 0 Å². The highest BCUT2D eigenvalue weighted by molar-refractivity contribution is 5.34. The highest BCUT2D eigenvalue weighted by Crippen LogP contribution is 2.29. The lowest BCUT2D eigenvalue weighted by molar-refractivity contribution is -0.000744. The second kappa shape index (κ2) is 5.15. The Balaban J connectivity index is 2.26. The molecular formula is C14H20FNO. The van der Waals surface area contributed by atoms with Gasteiger partial charge < -0.3 is 10.5 Å². The molecule has 1 heterocycles. The van der Waals surface area contributed by atoms with E-state index >= 15 is 0 Å². The van der Waals surface area contributed by atoms with Crippen LogP contribution in [0.15, 0.2) is 12.1 Å². The van der Waals surface area contributed by atoms with Crippen molar-refractivity contribution in [1.29, 1.82) is 0 Å². The number of ether oxygens (including phenoxy) is 1. The molecular weight excluding hydrogens is 217 g/mol. The minimum absolute atomic E-state index is 0.0420. The molecule has 0 amide bonds. The average molecular weight is 237 g/mol. The minimum Gasteiger partial charge on any atom is -0.376 e. The molecule has 1 aliphatic heterocycles. The standard InChI is InChI=1S/C14H20FNO/c1-9-7-10(2)13(11(15)8-9)14(16)12-5-3-4-6-17-12/h7-8,12,14H,3-6,16H2,1-2H3. The smallest absolute Gasteiger partial charge is 0.128 e. The number of hydrogen-bond acceptors (Lipinski definition) is 2. The zero-order chi connectivity index (χ0) is 12.4. The number of halogens is 1. The number of hydrogen-bond donors (Lipinski definition) is 1. The predicted octanol–water partition coefficient (Wildman–Crippen LogP) is 3.01. The molecule has 0 saturated carbocycles. The Bertz CT molecular complexity index is 376. The molecule has 3 heteroatoms. The second-order valence-electron chi connectivity index (χ2n) is 4.91. The van der Waals surface area contributed by atoms with Crippen LogP contribution >= 0.6 is 0 Å². The third-order valence-electron chi connectivity index (χ3n) is 3.43. The van der Waals surface area contributed by atoms with E-state index in [2.05, 4.69) is 0 Å². The SMILES string of the molecule is Cc1cc(C)c(C(N)C2CCCCO2)c(F)c1. The quantitative estimate of drug-likeness (QED) is 0.858. The van der Waals surface area contributed by atoms with E-state index in [1.54, 1.807) is 6.07 Å². The van der Waals surface area contributed by atoms with E-state index in [0.717, 1.165) is 37.0 Å². The molecule has 17 heavy (non-hydrogen) atoms. The van der Waals surface area contributed by atoms with Gasteiger partial charge in [0.25, 0.3) is 0 Å². The lowest BCUT2D eigenvalue weighted by Crippen LogP contribution is -2.33. The number of nitrogens with two attached hydrogens (primary N) is 1. The third-order valence-corrected chi connectivity index (χ3v) is 3.43. The number of benzene rings is 1. The van der Waals surface area contributed by atoms with E-state index in [1.807, 2.05) is 19.9 Å². The Morgan fingerprint density at radius 1 is 1.35 bits per heavy atom. The van der Waals surface area contributed by atoms with Crippen molar-refractivity contribution in [3.63, 3.8) is 0 Å². The minimum atomic E-state index is -0.351. The first kappa shape index (κ1) is 12.5. The van der Waals surface area contributed by atoms with Crippen LogP contribution in [0.25, 0.3) is 0 Å². The fraction of sp³-hybridized carbons (Fsp3) is 0.571. The first-order valence-corrected chi connectivity index (χ1v) is 6.23. The maximum absolute atomic E-state index is 14.0. The maximum Gasteiger partial charge on any atom is 0.128 e. The molecule has 1 aromatic rings. The van der Waals surface area contributed by atoms with Gasteiger partial charge in [0.05, 0.1) is 12.1 Å². The third kappa shape index (κ3) is 2.67. The summed E-state index contributed by atoms with van der Waals surface area (Å²) in [6, 6.07) is 3.17. The largest absolute Gasteiger partial charge is 0.376 e. The summed E-state index contributed by atoms with van der Waals surface area (Å²) in [5, 5.41) is 0. The van der Waals surface area contributed by atoms with Crippen molar-refractivity contribution in [2.75, 3.05) is 6.61 Å². The molecule has 2 rings (SSSR count). The first-order chi connectivity index (χ1) is 8.09. The Labute approximate surface area is 102 Å². The maximum atomic E-state index is 14.0. The van der Waals surface area contributed by atoms with E-state index in [4.69, 9.17) is 10.5 Å². The van der Waals surface area contributed by atoms with Crippen LogP contribution in [0.4, 0.5) is 4.39 Å². The Morgan fingerprint density at radius 3 is 2.71 bits per heavy atom. The van der Waals surface area contributed by atoms with Crippen LogP contribution in [0.2, 0.25) is 0 Å². The van der Waals surface area contributed by atoms with Gasteiger partial charge in [0.15, 0.2) is 0 Å². The normalized spacial score (nSPS) is 22.5. The van der Waals surface area contributed by atoms with E-state index in [1.165, 1.54) is 0 Å². The summed E-state index contributed by atoms with van der Waals surface area (Å²) in [5.74, 6) is -0.204. The molecule has 2 N–H and O–H groups in total. The summed E-state index contributed by atoms with van der Waals surface area (Å²) in [5.41, 5.74) is 8.62. The Hall–Kier alpha value is -0.930. The van der Waals surface area contributed by atoms with Crippen LogP contribution in [0.3, 0.4) is 0 Å². The molecule has 0 aromatic heterocycles. The van der Waals surface area contributed by atoms with Crippen LogP contribution in [0.1, 0.15) is 42.0 Å². The second-order valence-corrected chi connectivity index (χ2v) is 4.91. The van der Waals surface area contributed by atoms with Gasteiger partial charge in [0.2, 0.25) is 0 Å². The van der Waals surface area contributed by atoms with Crippen LogP contribution < -0.4 is 5.73 Å². The number of aryl methyl sites for hydroxylation is 2. The lowest BCUT2D eigenvalue weighted by Gasteiger charge is -2.29. The van der Waals surface area contributed by atoms with Gasteiger partial charge in [-0.2, -0.15) is 0 Å². The lowest BCUT2D eigenvalue weighted by atomic mass is 9.92. The molecule has 0 bridgehead atoms. The molecule has 2 nitrogen and oxygen atoms in total. The van der Waals surface area contributed by atoms with E-state index in [-0.39, 0.29) is 18.0 Å². The summed E-state index contributed by atoms with van der Waals surface area (Å²) >= 11 is 0. The van der Waals surface area contributed by atoms with Crippen molar-refractivity contribution in [1.82, 2.24) is 0 Å². The monoisotopic (exact) mass is 237 g/mol. The fourth-order valence-corrected chi connectivity index (χ4v) is 2.58. The average Bonchev–Trinajstić information content (AvgIpc) is 2.28. The summed E-state index contributed by atoms with van der Waals surface area (Å²) in [6.07, 6.45) is 3.08. The number of rotatable bonds is 2. The molecule has 2 unspecified atom stereocenters. The zero-order valence-corrected chi connectivity index (χ0v) is 10.5. The van der Waals surface area contributed by atoms with Crippen LogP contribution in [0.5, 0.6) is 0 Å². The topological polar surface area (TPSA) is 35.2 Å². The van der Waals surface area contributed by atoms with E-state index in [0.29, 0.717) is 5.56 Å². The molecule has 94 valence electrons. The van der Waals surface area contributed by atoms with Gasteiger partial charge in [0, 0.05) is 12.2 Å². The zero-order valence-electron chi connectivity index (χ0n) is 10.5. The van der Waals surface area contributed by atoms with Crippen molar-refractivity contribution in [3.8, 4) is 0 Å². The van der Waals surface area contributed by atoms with Crippen molar-refractivity contribution >= 4 is 0 Å². The van der Waals surface area contributed by atoms with Crippen LogP contribution in [-0.4, -0.2) is 12.7 Å². The molecule has 0 aliphatic carbocycles. The highest BCUT2D eigenvalue weighted by Gasteiger charge is 2.26. The van der Waals surface area contributed by atoms with Gasteiger partial charge in [0.1, 0.15) is 5.82 Å². The van der Waals surface area contributed by atoms with Gasteiger partial charge in [-0.1, -0.05) is 6.07 Å². The summed E-state index contributed by atoms with van der Waals surface area (Å²) < 4.78 is 19.6. The summed E-state index contributed by atoms with van der Waals surface area (Å²) in [7, 11) is 0. The highest BCUT2D eigenvalue weighted by atomic mass is 19.1. The Morgan fingerprint density at radius 2 is 2.12 bits per heavy atom. The first-order valence-electron chi connectivity index (χ1n) is 6.23. The van der Waals surface area contributed by atoms with E-state index in [9.17, 15) is 4.39 Å². The molecule has 0 radical (unpaired) electrons. The molecule has 1 aliphatic rings. The molecule has 0 spiro atoms.